The number of nitrogens with zero attached hydrogens (tertiary/aromatic N) is 3. The Morgan fingerprint density at radius 1 is 1.24 bits per heavy atom. The van der Waals surface area contributed by atoms with Crippen LogP contribution in [0.2, 0.25) is 5.02 Å². The van der Waals surface area contributed by atoms with Crippen molar-refractivity contribution in [2.75, 3.05) is 6.54 Å². The fraction of sp³-hybridized carbons (Fsp3) is 0.333. The van der Waals surface area contributed by atoms with Crippen LogP contribution in [0.4, 0.5) is 0 Å². The van der Waals surface area contributed by atoms with Crippen molar-refractivity contribution in [3.05, 3.63) is 65.0 Å². The van der Waals surface area contributed by atoms with E-state index in [0.29, 0.717) is 48.3 Å². The second-order valence-corrected chi connectivity index (χ2v) is 9.05. The number of ether oxygens (including phenoxy) is 1. The molecule has 2 N–H and O–H groups in total. The Morgan fingerprint density at radius 3 is 2.76 bits per heavy atom. The van der Waals surface area contributed by atoms with Crippen LogP contribution in [0, 0.1) is 5.92 Å². The Kier molecular flexibility index (Phi) is 5.32. The molecule has 3 unspecified atom stereocenters. The highest BCUT2D eigenvalue weighted by atomic mass is 35.5. The van der Waals surface area contributed by atoms with E-state index in [4.69, 9.17) is 26.6 Å². The Labute approximate surface area is 195 Å². The summed E-state index contributed by atoms with van der Waals surface area (Å²) in [5.41, 5.74) is 6.48. The number of carbonyl (C=O) groups is 2. The number of primary amides is 1. The monoisotopic (exact) mass is 466 g/mol. The van der Waals surface area contributed by atoms with Crippen molar-refractivity contribution < 1.29 is 18.8 Å². The van der Waals surface area contributed by atoms with Gasteiger partial charge in [0.2, 0.25) is 23.5 Å². The minimum Gasteiger partial charge on any atom is -0.468 e. The van der Waals surface area contributed by atoms with Gasteiger partial charge in [0.25, 0.3) is 0 Å². The van der Waals surface area contributed by atoms with E-state index in [0.717, 1.165) is 11.1 Å². The number of benzene rings is 2. The van der Waals surface area contributed by atoms with Crippen LogP contribution in [-0.4, -0.2) is 39.1 Å². The van der Waals surface area contributed by atoms with Crippen LogP contribution in [0.25, 0.3) is 11.4 Å². The van der Waals surface area contributed by atoms with E-state index in [1.165, 1.54) is 0 Å². The van der Waals surface area contributed by atoms with Crippen molar-refractivity contribution in [1.29, 1.82) is 0 Å². The largest absolute Gasteiger partial charge is 0.468 e. The number of aromatic nitrogens is 2. The highest BCUT2D eigenvalue weighted by molar-refractivity contribution is 6.30. The predicted octanol–water partition coefficient (Wildman–Crippen LogP) is 3.55. The Morgan fingerprint density at radius 2 is 2.00 bits per heavy atom. The molecule has 2 aliphatic rings. The Hall–Kier alpha value is -3.39. The molecule has 3 heterocycles. The summed E-state index contributed by atoms with van der Waals surface area (Å²) in [6.07, 6.45) is 1.54. The average Bonchev–Trinajstić information content (AvgIpc) is 3.25. The standard InChI is InChI=1S/C24H23ClN4O4/c1-24-13-17(16-5-2-3-6-18(16)32-24)20(21(26)30)23(31)29(24)12-4-7-19-27-22(28-33-19)14-8-10-15(25)11-9-14/h2-3,5-6,8-11,17,20H,4,7,12-13H2,1H3,(H2,26,30). The third-order valence-electron chi connectivity index (χ3n) is 6.40. The van der Waals surface area contributed by atoms with E-state index in [9.17, 15) is 9.59 Å². The van der Waals surface area contributed by atoms with Crippen molar-refractivity contribution in [3.8, 4) is 17.1 Å². The Bertz CT molecular complexity index is 1210. The van der Waals surface area contributed by atoms with E-state index < -0.39 is 17.6 Å². The number of aryl methyl sites for hydroxylation is 1. The molecule has 2 bridgehead atoms. The van der Waals surface area contributed by atoms with Crippen molar-refractivity contribution in [1.82, 2.24) is 15.0 Å². The van der Waals surface area contributed by atoms with Crippen LogP contribution in [0.3, 0.4) is 0 Å². The smallest absolute Gasteiger partial charge is 0.238 e. The molecule has 2 amide bonds. The lowest BCUT2D eigenvalue weighted by molar-refractivity contribution is -0.175. The number of carbonyl (C=O) groups excluding carboxylic acids is 2. The number of likely N-dealkylation sites (tertiary alicyclic amines) is 1. The third-order valence-corrected chi connectivity index (χ3v) is 6.65. The first-order valence-corrected chi connectivity index (χ1v) is 11.2. The Balaban J connectivity index is 1.32. The number of hydrogen-bond donors (Lipinski definition) is 1. The summed E-state index contributed by atoms with van der Waals surface area (Å²) in [5, 5.41) is 4.66. The molecule has 1 aromatic heterocycles. The van der Waals surface area contributed by atoms with Crippen molar-refractivity contribution >= 4 is 23.4 Å². The number of piperidine rings is 1. The van der Waals surface area contributed by atoms with E-state index >= 15 is 0 Å². The minimum absolute atomic E-state index is 0.293. The first kappa shape index (κ1) is 21.5. The zero-order valence-electron chi connectivity index (χ0n) is 18.0. The number of fused-ring (bicyclic) bond motifs is 4. The normalized spacial score (nSPS) is 23.7. The number of nitrogens with two attached hydrogens (primary N) is 1. The lowest BCUT2D eigenvalue weighted by atomic mass is 9.73. The average molecular weight is 467 g/mol. The summed E-state index contributed by atoms with van der Waals surface area (Å²) in [5.74, 6) is -0.492. The summed E-state index contributed by atoms with van der Waals surface area (Å²) in [7, 11) is 0. The van der Waals surface area contributed by atoms with Crippen LogP contribution < -0.4 is 10.5 Å². The van der Waals surface area contributed by atoms with Gasteiger partial charge in [-0.2, -0.15) is 4.98 Å². The molecular weight excluding hydrogens is 444 g/mol. The van der Waals surface area contributed by atoms with E-state index in [1.54, 1.807) is 17.0 Å². The molecule has 0 aliphatic carbocycles. The molecule has 0 radical (unpaired) electrons. The van der Waals surface area contributed by atoms with Crippen LogP contribution >= 0.6 is 11.6 Å². The predicted molar refractivity (Wildman–Crippen MR) is 120 cm³/mol. The molecule has 9 heteroatoms. The molecule has 2 aliphatic heterocycles. The molecule has 1 fully saturated rings. The van der Waals surface area contributed by atoms with Gasteiger partial charge in [0.1, 0.15) is 11.7 Å². The molecular formula is C24H23ClN4O4. The number of hydrogen-bond acceptors (Lipinski definition) is 6. The zero-order chi connectivity index (χ0) is 23.2. The second kappa shape index (κ2) is 8.19. The van der Waals surface area contributed by atoms with Gasteiger partial charge in [0.15, 0.2) is 5.72 Å². The molecule has 1 saturated heterocycles. The summed E-state index contributed by atoms with van der Waals surface area (Å²) in [4.78, 5) is 31.7. The lowest BCUT2D eigenvalue weighted by Crippen LogP contribution is -2.64. The summed E-state index contributed by atoms with van der Waals surface area (Å²) < 4.78 is 11.6. The second-order valence-electron chi connectivity index (χ2n) is 8.62. The molecule has 3 aromatic rings. The van der Waals surface area contributed by atoms with Gasteiger partial charge in [-0.3, -0.25) is 9.59 Å². The molecule has 5 rings (SSSR count). The zero-order valence-corrected chi connectivity index (χ0v) is 18.8. The fourth-order valence-corrected chi connectivity index (χ4v) is 4.97. The van der Waals surface area contributed by atoms with Gasteiger partial charge in [-0.05, 0) is 49.2 Å². The van der Waals surface area contributed by atoms with E-state index in [1.807, 2.05) is 43.3 Å². The lowest BCUT2D eigenvalue weighted by Gasteiger charge is -2.52. The highest BCUT2D eigenvalue weighted by Gasteiger charge is 2.55. The quantitative estimate of drug-likeness (QED) is 0.556. The van der Waals surface area contributed by atoms with Crippen LogP contribution in [0.15, 0.2) is 53.1 Å². The van der Waals surface area contributed by atoms with Crippen LogP contribution in [0.1, 0.15) is 37.1 Å². The van der Waals surface area contributed by atoms with Crippen molar-refractivity contribution in [2.45, 2.75) is 37.8 Å². The maximum absolute atomic E-state index is 13.3. The van der Waals surface area contributed by atoms with Gasteiger partial charge in [-0.15, -0.1) is 0 Å². The molecule has 8 nitrogen and oxygen atoms in total. The first-order chi connectivity index (χ1) is 15.9. The SMILES string of the molecule is CC12CC(c3ccccc3O1)C(C(N)=O)C(=O)N2CCCc1nc(-c2ccc(Cl)cc2)no1. The number of para-hydroxylation sites is 1. The van der Waals surface area contributed by atoms with Crippen LogP contribution in [-0.2, 0) is 16.0 Å². The third kappa shape index (κ3) is 3.84. The van der Waals surface area contributed by atoms with Crippen molar-refractivity contribution in [3.63, 3.8) is 0 Å². The summed E-state index contributed by atoms with van der Waals surface area (Å²) >= 11 is 5.93. The molecule has 0 spiro atoms. The molecule has 0 saturated carbocycles. The van der Waals surface area contributed by atoms with Crippen molar-refractivity contribution in [2.24, 2.45) is 11.7 Å². The topological polar surface area (TPSA) is 112 Å². The first-order valence-electron chi connectivity index (χ1n) is 10.8. The minimum atomic E-state index is -0.914. The fourth-order valence-electron chi connectivity index (χ4n) is 4.84. The molecule has 33 heavy (non-hydrogen) atoms. The van der Waals surface area contributed by atoms with Gasteiger partial charge in [0, 0.05) is 35.9 Å². The highest BCUT2D eigenvalue weighted by Crippen LogP contribution is 2.50. The van der Waals surface area contributed by atoms with Gasteiger partial charge in [-0.25, -0.2) is 0 Å². The van der Waals surface area contributed by atoms with E-state index in [2.05, 4.69) is 10.1 Å². The van der Waals surface area contributed by atoms with Gasteiger partial charge in [0.05, 0.1) is 0 Å². The van der Waals surface area contributed by atoms with Gasteiger partial charge >= 0.3 is 0 Å². The number of amides is 2. The molecule has 170 valence electrons. The molecule has 3 atom stereocenters. The maximum atomic E-state index is 13.3. The van der Waals surface area contributed by atoms with Gasteiger partial charge < -0.3 is 19.9 Å². The van der Waals surface area contributed by atoms with Gasteiger partial charge in [-0.1, -0.05) is 35.0 Å². The van der Waals surface area contributed by atoms with Crippen LogP contribution in [0.5, 0.6) is 5.75 Å². The summed E-state index contributed by atoms with van der Waals surface area (Å²) in [6, 6.07) is 14.7. The molecule has 2 aromatic carbocycles. The summed E-state index contributed by atoms with van der Waals surface area (Å²) in [6.45, 7) is 2.25. The van der Waals surface area contributed by atoms with E-state index in [-0.39, 0.29) is 11.8 Å². The number of halogens is 1. The number of rotatable bonds is 6. The maximum Gasteiger partial charge on any atom is 0.238 e.